The van der Waals surface area contributed by atoms with E-state index in [0.717, 1.165) is 5.69 Å². The highest BCUT2D eigenvalue weighted by molar-refractivity contribution is 7.91. The molecule has 2 aliphatic heterocycles. The summed E-state index contributed by atoms with van der Waals surface area (Å²) in [5, 5.41) is 9.81. The summed E-state index contributed by atoms with van der Waals surface area (Å²) >= 11 is 0. The summed E-state index contributed by atoms with van der Waals surface area (Å²) in [4.78, 5) is 58.7. The number of amides is 4. The highest BCUT2D eigenvalue weighted by Crippen LogP contribution is 2.47. The minimum absolute atomic E-state index is 0.0229. The molecule has 3 N–H and O–H groups in total. The number of nitrogens with zero attached hydrogens (tertiary/aromatic N) is 4. The first kappa shape index (κ1) is 37.3. The van der Waals surface area contributed by atoms with Gasteiger partial charge in [-0.3, -0.25) is 24.0 Å². The predicted molar refractivity (Wildman–Crippen MR) is 196 cm³/mol. The molecule has 16 heteroatoms. The third kappa shape index (κ3) is 7.39. The lowest BCUT2D eigenvalue weighted by molar-refractivity contribution is -0.141. The average molecular weight is 764 g/mol. The smallest absolute Gasteiger partial charge is 0.410 e. The maximum atomic E-state index is 14.7. The Morgan fingerprint density at radius 2 is 1.80 bits per heavy atom. The van der Waals surface area contributed by atoms with E-state index in [1.165, 1.54) is 15.9 Å². The van der Waals surface area contributed by atoms with Crippen LogP contribution < -0.4 is 15.4 Å². The van der Waals surface area contributed by atoms with E-state index in [0.29, 0.717) is 36.1 Å². The fourth-order valence-corrected chi connectivity index (χ4v) is 8.87. The molecule has 5 unspecified atom stereocenters. The summed E-state index contributed by atoms with van der Waals surface area (Å²) in [7, 11) is -3.88. The van der Waals surface area contributed by atoms with Gasteiger partial charge in [-0.15, -0.1) is 0 Å². The molecule has 0 radical (unpaired) electrons. The number of hydrogen-bond acceptors (Lipinski definition) is 9. The zero-order valence-electron chi connectivity index (χ0n) is 30.7. The number of anilines is 1. The number of ether oxygens (including phenoxy) is 1. The van der Waals surface area contributed by atoms with Crippen LogP contribution in [0.2, 0.25) is 0 Å². The Kier molecular flexibility index (Phi) is 9.69. The number of halogens is 1. The number of sulfonamides is 1. The Balaban J connectivity index is 1.12. The molecule has 2 aliphatic carbocycles. The number of benzene rings is 2. The number of aromatic nitrogens is 2. The maximum Gasteiger partial charge on any atom is 0.410 e. The van der Waals surface area contributed by atoms with E-state index >= 15 is 0 Å². The van der Waals surface area contributed by atoms with Crippen LogP contribution in [-0.4, -0.2) is 87.3 Å². The Labute approximate surface area is 313 Å². The number of carbonyl (C=O) groups excluding carboxylic acids is 4. The van der Waals surface area contributed by atoms with Gasteiger partial charge in [0.05, 0.1) is 24.0 Å². The number of fused-ring (bicyclic) bond motifs is 1. The molecule has 2 aromatic carbocycles. The molecule has 0 spiro atoms. The van der Waals surface area contributed by atoms with E-state index in [9.17, 15) is 32.0 Å². The van der Waals surface area contributed by atoms with Crippen molar-refractivity contribution in [3.63, 3.8) is 0 Å². The average Bonchev–Trinajstić information content (AvgIpc) is 3.90. The van der Waals surface area contributed by atoms with Crippen molar-refractivity contribution in [1.29, 1.82) is 0 Å². The molecule has 1 aromatic heterocycles. The minimum atomic E-state index is -3.88. The van der Waals surface area contributed by atoms with Gasteiger partial charge in [-0.1, -0.05) is 46.2 Å². The van der Waals surface area contributed by atoms with E-state index < -0.39 is 74.0 Å². The molecule has 0 bridgehead atoms. The quantitative estimate of drug-likeness (QED) is 0.263. The van der Waals surface area contributed by atoms with E-state index in [1.807, 2.05) is 64.2 Å². The Morgan fingerprint density at radius 3 is 2.41 bits per heavy atom. The maximum absolute atomic E-state index is 14.7. The molecule has 7 rings (SSSR count). The molecular weight excluding hydrogens is 718 g/mol. The van der Waals surface area contributed by atoms with Crippen molar-refractivity contribution in [2.75, 3.05) is 11.9 Å². The topological polar surface area (TPSA) is 172 Å². The Hall–Kier alpha value is -4.99. The molecule has 4 aliphatic rings. The van der Waals surface area contributed by atoms with Gasteiger partial charge in [-0.25, -0.2) is 22.3 Å². The fraction of sp³-hybridized carbons (Fsp3) is 0.500. The lowest BCUT2D eigenvalue weighted by atomic mass is 9.85. The van der Waals surface area contributed by atoms with Gasteiger partial charge in [0.1, 0.15) is 29.5 Å². The van der Waals surface area contributed by atoms with Crippen LogP contribution in [-0.2, 0) is 42.2 Å². The SMILES string of the molecule is CCC1CC1(NC(=O)C1CC(OC(=O)N2Cc3cccc(F)c3C2)CN1C(=O)C(Nc1ccc(-n2cccn2)cc1)C(C)(C)C)C(=O)NS(=O)(=O)C1CC1. The summed E-state index contributed by atoms with van der Waals surface area (Å²) < 4.78 is 49.7. The van der Waals surface area contributed by atoms with Crippen LogP contribution in [0.1, 0.15) is 70.9 Å². The second kappa shape index (κ2) is 14.0. The molecule has 1 saturated heterocycles. The van der Waals surface area contributed by atoms with Gasteiger partial charge in [0, 0.05) is 36.6 Å². The summed E-state index contributed by atoms with van der Waals surface area (Å²) in [6.45, 7) is 7.59. The second-order valence-corrected chi connectivity index (χ2v) is 17.8. The lowest BCUT2D eigenvalue weighted by Gasteiger charge is -2.36. The van der Waals surface area contributed by atoms with Crippen LogP contribution in [0, 0.1) is 17.2 Å². The van der Waals surface area contributed by atoms with Crippen molar-refractivity contribution in [1.82, 2.24) is 29.6 Å². The van der Waals surface area contributed by atoms with Gasteiger partial charge in [0.25, 0.3) is 5.91 Å². The predicted octanol–water partition coefficient (Wildman–Crippen LogP) is 3.85. The number of carbonyl (C=O) groups is 4. The number of hydrogen-bond donors (Lipinski definition) is 3. The van der Waals surface area contributed by atoms with Crippen molar-refractivity contribution in [3.05, 3.63) is 77.9 Å². The van der Waals surface area contributed by atoms with E-state index in [4.69, 9.17) is 4.74 Å². The van der Waals surface area contributed by atoms with Crippen molar-refractivity contribution < 1.29 is 36.7 Å². The van der Waals surface area contributed by atoms with Crippen molar-refractivity contribution in [2.24, 2.45) is 11.3 Å². The molecule has 5 atom stereocenters. The monoisotopic (exact) mass is 763 g/mol. The minimum Gasteiger partial charge on any atom is -0.444 e. The largest absolute Gasteiger partial charge is 0.444 e. The molecular formula is C38H46FN7O7S. The van der Waals surface area contributed by atoms with Gasteiger partial charge < -0.3 is 20.3 Å². The van der Waals surface area contributed by atoms with Crippen LogP contribution in [0.3, 0.4) is 0 Å². The van der Waals surface area contributed by atoms with Gasteiger partial charge in [0.2, 0.25) is 21.8 Å². The van der Waals surface area contributed by atoms with Crippen molar-refractivity contribution in [2.45, 2.75) is 102 Å². The van der Waals surface area contributed by atoms with Crippen LogP contribution in [0.5, 0.6) is 0 Å². The van der Waals surface area contributed by atoms with Crippen LogP contribution in [0.4, 0.5) is 14.9 Å². The summed E-state index contributed by atoms with van der Waals surface area (Å²) in [6, 6.07) is 11.8. The number of rotatable bonds is 11. The molecule has 2 saturated carbocycles. The molecule has 14 nitrogen and oxygen atoms in total. The van der Waals surface area contributed by atoms with Gasteiger partial charge in [-0.05, 0) is 72.6 Å². The fourth-order valence-electron chi connectivity index (χ4n) is 7.51. The highest BCUT2D eigenvalue weighted by atomic mass is 32.2. The third-order valence-corrected chi connectivity index (χ3v) is 12.7. The first-order valence-corrected chi connectivity index (χ1v) is 19.9. The second-order valence-electron chi connectivity index (χ2n) is 15.9. The summed E-state index contributed by atoms with van der Waals surface area (Å²) in [5.41, 5.74) is 0.434. The number of likely N-dealkylation sites (tertiary alicyclic amines) is 1. The van der Waals surface area contributed by atoms with E-state index in [2.05, 4.69) is 20.5 Å². The summed E-state index contributed by atoms with van der Waals surface area (Å²) in [6.07, 6.45) is 3.50. The van der Waals surface area contributed by atoms with Crippen LogP contribution in [0.15, 0.2) is 60.9 Å². The first-order valence-electron chi connectivity index (χ1n) is 18.4. The van der Waals surface area contributed by atoms with Crippen molar-refractivity contribution >= 4 is 39.5 Å². The zero-order valence-corrected chi connectivity index (χ0v) is 31.6. The normalized spacial score (nSPS) is 24.1. The van der Waals surface area contributed by atoms with E-state index in [-0.39, 0.29) is 38.4 Å². The van der Waals surface area contributed by atoms with E-state index in [1.54, 1.807) is 23.0 Å². The Morgan fingerprint density at radius 1 is 1.06 bits per heavy atom. The molecule has 3 heterocycles. The Bertz CT molecular complexity index is 2050. The van der Waals surface area contributed by atoms with Gasteiger partial charge >= 0.3 is 6.09 Å². The molecule has 288 valence electrons. The lowest BCUT2D eigenvalue weighted by Crippen LogP contribution is -2.58. The molecule has 3 aromatic rings. The molecule has 4 amide bonds. The molecule has 3 fully saturated rings. The van der Waals surface area contributed by atoms with Crippen molar-refractivity contribution in [3.8, 4) is 5.69 Å². The highest BCUT2D eigenvalue weighted by Gasteiger charge is 2.62. The zero-order chi connectivity index (χ0) is 38.6. The van der Waals surface area contributed by atoms with Crippen LogP contribution in [0.25, 0.3) is 5.69 Å². The van der Waals surface area contributed by atoms with Gasteiger partial charge in [-0.2, -0.15) is 5.10 Å². The molecule has 54 heavy (non-hydrogen) atoms. The van der Waals surface area contributed by atoms with Gasteiger partial charge in [0.15, 0.2) is 0 Å². The summed E-state index contributed by atoms with van der Waals surface area (Å²) in [5.74, 6) is -2.58. The standard InChI is InChI=1S/C38H46FN7O7S/c1-5-24-19-38(24,35(49)43-54(51,52)28-14-15-28)42-33(47)31-18-27(53-36(50)44-20-23-8-6-9-30(39)29(23)22-44)21-45(31)34(48)32(37(2,3)4)41-25-10-12-26(13-11-25)46-17-7-16-40-46/h6-13,16-17,24,27-28,31-32,41H,5,14-15,18-22H2,1-4H3,(H,42,47)(H,43,49). The first-order chi connectivity index (χ1) is 25.6. The third-order valence-electron chi connectivity index (χ3n) is 10.9. The van der Waals surface area contributed by atoms with Crippen LogP contribution >= 0.6 is 0 Å². The number of nitrogens with one attached hydrogen (secondary N) is 3.